The first-order valence-electron chi connectivity index (χ1n) is 14.8. The highest BCUT2D eigenvalue weighted by atomic mass is 19.1. The second-order valence-electron chi connectivity index (χ2n) is 11.1. The molecule has 13 nitrogen and oxygen atoms in total. The Morgan fingerprint density at radius 1 is 1.02 bits per heavy atom. The van der Waals surface area contributed by atoms with Gasteiger partial charge in [-0.15, -0.1) is 5.10 Å². The zero-order valence-electron chi connectivity index (χ0n) is 25.3. The average molecular weight is 626 g/mol. The maximum atomic E-state index is 14.7. The zero-order chi connectivity index (χ0) is 31.8. The second kappa shape index (κ2) is 11.8. The molecule has 14 heteroatoms. The number of hydrogen-bond acceptors (Lipinski definition) is 10. The lowest BCUT2D eigenvalue weighted by atomic mass is 9.89. The summed E-state index contributed by atoms with van der Waals surface area (Å²) in [6.07, 6.45) is 3.10. The van der Waals surface area contributed by atoms with E-state index in [1.807, 2.05) is 24.3 Å². The first kappa shape index (κ1) is 29.2. The van der Waals surface area contributed by atoms with Crippen LogP contribution in [0.4, 0.5) is 16.0 Å². The van der Waals surface area contributed by atoms with Crippen LogP contribution in [-0.2, 0) is 15.1 Å². The smallest absolute Gasteiger partial charge is 0.255 e. The van der Waals surface area contributed by atoms with E-state index in [-0.39, 0.29) is 11.9 Å². The molecule has 2 N–H and O–H groups in total. The highest BCUT2D eigenvalue weighted by Gasteiger charge is 2.44. The number of methoxy groups -OCH3 is 1. The van der Waals surface area contributed by atoms with Gasteiger partial charge in [0, 0.05) is 39.0 Å². The second-order valence-corrected chi connectivity index (χ2v) is 11.1. The van der Waals surface area contributed by atoms with Crippen LogP contribution < -0.4 is 15.4 Å². The third kappa shape index (κ3) is 5.05. The number of fused-ring (bicyclic) bond motifs is 3. The molecular formula is C32H32FN9O4. The molecule has 1 saturated heterocycles. The van der Waals surface area contributed by atoms with Crippen molar-refractivity contribution in [2.24, 2.45) is 0 Å². The van der Waals surface area contributed by atoms with E-state index in [1.165, 1.54) is 27.6 Å². The van der Waals surface area contributed by atoms with Crippen LogP contribution in [0.25, 0.3) is 28.3 Å². The topological polar surface area (TPSA) is 142 Å². The van der Waals surface area contributed by atoms with Crippen LogP contribution in [0.3, 0.4) is 0 Å². The minimum atomic E-state index is -1.46. The molecule has 236 valence electrons. The van der Waals surface area contributed by atoms with Crippen molar-refractivity contribution in [3.63, 3.8) is 0 Å². The average Bonchev–Trinajstić information content (AvgIpc) is 3.85. The van der Waals surface area contributed by atoms with Crippen molar-refractivity contribution in [3.8, 4) is 17.3 Å². The maximum absolute atomic E-state index is 14.7. The molecule has 1 aliphatic heterocycles. The summed E-state index contributed by atoms with van der Waals surface area (Å²) in [7, 11) is 1.64. The summed E-state index contributed by atoms with van der Waals surface area (Å²) < 4.78 is 33.8. The Morgan fingerprint density at radius 3 is 2.54 bits per heavy atom. The molecule has 0 spiro atoms. The Kier molecular flexibility index (Phi) is 7.48. The summed E-state index contributed by atoms with van der Waals surface area (Å²) in [5.41, 5.74) is 7.06. The first-order chi connectivity index (χ1) is 22.4. The van der Waals surface area contributed by atoms with E-state index in [0.717, 1.165) is 11.4 Å². The van der Waals surface area contributed by atoms with Crippen LogP contribution in [0.15, 0.2) is 77.5 Å². The van der Waals surface area contributed by atoms with Gasteiger partial charge in [-0.3, -0.25) is 4.79 Å². The molecule has 5 heterocycles. The van der Waals surface area contributed by atoms with Gasteiger partial charge >= 0.3 is 0 Å². The normalized spacial score (nSPS) is 15.0. The number of hydrogen-bond donors (Lipinski definition) is 1. The fourth-order valence-electron chi connectivity index (χ4n) is 5.85. The SMILES string of the molecule is COCCOc1ccc(N2CCN(C(=O)C(C)(c3cccc(F)c3)n3ncc4c3nc(N)n3nc(-c5ccco5)nc43)CC2)cc1. The molecule has 1 fully saturated rings. The zero-order valence-corrected chi connectivity index (χ0v) is 25.3. The molecule has 7 rings (SSSR count). The van der Waals surface area contributed by atoms with Gasteiger partial charge in [-0.05, 0) is 61.0 Å². The Balaban J connectivity index is 1.21. The predicted octanol–water partition coefficient (Wildman–Crippen LogP) is 3.59. The van der Waals surface area contributed by atoms with Gasteiger partial charge in [-0.1, -0.05) is 12.1 Å². The quantitative estimate of drug-likeness (QED) is 0.237. The van der Waals surface area contributed by atoms with Crippen LogP contribution in [-0.4, -0.2) is 86.7 Å². The molecule has 46 heavy (non-hydrogen) atoms. The molecule has 6 aromatic rings. The van der Waals surface area contributed by atoms with Crippen LogP contribution in [0.5, 0.6) is 5.75 Å². The van der Waals surface area contributed by atoms with E-state index in [0.29, 0.717) is 73.2 Å². The van der Waals surface area contributed by atoms with E-state index in [9.17, 15) is 9.18 Å². The predicted molar refractivity (Wildman–Crippen MR) is 168 cm³/mol. The van der Waals surface area contributed by atoms with E-state index >= 15 is 0 Å². The Morgan fingerprint density at radius 2 is 1.83 bits per heavy atom. The summed E-state index contributed by atoms with van der Waals surface area (Å²) in [5, 5.41) is 9.62. The summed E-state index contributed by atoms with van der Waals surface area (Å²) in [6.45, 7) is 4.83. The van der Waals surface area contributed by atoms with E-state index in [2.05, 4.69) is 25.1 Å². The number of anilines is 2. The fraction of sp³-hybridized carbons (Fsp3) is 0.281. The van der Waals surface area contributed by atoms with Crippen molar-refractivity contribution < 1.29 is 23.1 Å². The van der Waals surface area contributed by atoms with Crippen LogP contribution >= 0.6 is 0 Å². The molecule has 0 bridgehead atoms. The molecule has 4 aromatic heterocycles. The number of furan rings is 1. The number of carbonyl (C=O) groups is 1. The summed E-state index contributed by atoms with van der Waals surface area (Å²) in [4.78, 5) is 27.8. The minimum Gasteiger partial charge on any atom is -0.491 e. The molecule has 1 aliphatic rings. The van der Waals surface area contributed by atoms with Gasteiger partial charge in [0.05, 0.1) is 24.5 Å². The molecule has 0 aliphatic carbocycles. The lowest BCUT2D eigenvalue weighted by molar-refractivity contribution is -0.138. The van der Waals surface area contributed by atoms with Gasteiger partial charge in [-0.2, -0.15) is 14.6 Å². The van der Waals surface area contributed by atoms with Crippen LogP contribution in [0.1, 0.15) is 12.5 Å². The number of nitrogens with two attached hydrogens (primary N) is 1. The number of nitrogens with zero attached hydrogens (tertiary/aromatic N) is 8. The van der Waals surface area contributed by atoms with Gasteiger partial charge in [0.2, 0.25) is 11.8 Å². The number of aromatic nitrogens is 6. The van der Waals surface area contributed by atoms with Gasteiger partial charge < -0.3 is 29.4 Å². The molecule has 0 radical (unpaired) electrons. The molecular weight excluding hydrogens is 593 g/mol. The monoisotopic (exact) mass is 625 g/mol. The maximum Gasteiger partial charge on any atom is 0.255 e. The number of rotatable bonds is 9. The fourth-order valence-corrected chi connectivity index (χ4v) is 5.85. The number of halogens is 1. The highest BCUT2D eigenvalue weighted by Crippen LogP contribution is 2.34. The number of piperazine rings is 1. The van der Waals surface area contributed by atoms with Crippen molar-refractivity contribution in [2.45, 2.75) is 12.5 Å². The summed E-state index contributed by atoms with van der Waals surface area (Å²) in [6, 6.07) is 17.3. The van der Waals surface area contributed by atoms with Crippen molar-refractivity contribution in [2.75, 3.05) is 57.1 Å². The van der Waals surface area contributed by atoms with E-state index in [4.69, 9.17) is 19.6 Å². The Bertz CT molecular complexity index is 2000. The van der Waals surface area contributed by atoms with Crippen molar-refractivity contribution in [1.29, 1.82) is 0 Å². The van der Waals surface area contributed by atoms with Gasteiger partial charge in [0.1, 0.15) is 18.2 Å². The van der Waals surface area contributed by atoms with E-state index < -0.39 is 11.4 Å². The molecule has 1 unspecified atom stereocenters. The standard InChI is InChI=1S/C32H32FN9O4/c1-32(21-5-3-6-22(33)19-21,30(43)40-14-12-39(13-15-40)23-8-10-24(11-9-23)45-18-17-44-2)42-29-25(20-35-42)28-36-27(26-7-4-16-46-26)38-41(28)31(34)37-29/h3-11,16,19-20H,12-15,17-18H2,1-2H3,(H2,34,37). The number of carbonyl (C=O) groups excluding carboxylic acids is 1. The van der Waals surface area contributed by atoms with Crippen LogP contribution in [0.2, 0.25) is 0 Å². The number of amides is 1. The lowest BCUT2D eigenvalue weighted by Crippen LogP contribution is -2.56. The lowest BCUT2D eigenvalue weighted by Gasteiger charge is -2.40. The Hall–Kier alpha value is -5.50. The van der Waals surface area contributed by atoms with Crippen molar-refractivity contribution >= 4 is 34.2 Å². The van der Waals surface area contributed by atoms with Crippen molar-refractivity contribution in [3.05, 3.63) is 84.5 Å². The van der Waals surface area contributed by atoms with Crippen LogP contribution in [0, 0.1) is 5.82 Å². The third-order valence-corrected chi connectivity index (χ3v) is 8.32. The first-order valence-corrected chi connectivity index (χ1v) is 14.8. The number of ether oxygens (including phenoxy) is 2. The molecule has 0 saturated carbocycles. The molecule has 1 atom stereocenters. The summed E-state index contributed by atoms with van der Waals surface area (Å²) >= 11 is 0. The molecule has 2 aromatic carbocycles. The highest BCUT2D eigenvalue weighted by molar-refractivity contribution is 5.94. The van der Waals surface area contributed by atoms with Gasteiger partial charge in [0.15, 0.2) is 22.6 Å². The number of benzene rings is 2. The largest absolute Gasteiger partial charge is 0.491 e. The van der Waals surface area contributed by atoms with E-state index in [1.54, 1.807) is 49.4 Å². The van der Waals surface area contributed by atoms with Gasteiger partial charge in [0.25, 0.3) is 5.91 Å². The minimum absolute atomic E-state index is 0.0485. The van der Waals surface area contributed by atoms with Gasteiger partial charge in [-0.25, -0.2) is 14.1 Å². The summed E-state index contributed by atoms with van der Waals surface area (Å²) in [5.74, 6) is 0.891. The number of nitrogen functional groups attached to an aromatic ring is 1. The molecule has 1 amide bonds. The third-order valence-electron chi connectivity index (χ3n) is 8.32. The van der Waals surface area contributed by atoms with Crippen molar-refractivity contribution in [1.82, 2.24) is 34.3 Å². The Labute approximate surface area is 262 Å².